The molecule has 1 aromatic heterocycles. The summed E-state index contributed by atoms with van der Waals surface area (Å²) in [5, 5.41) is 9.06. The fraction of sp³-hybridized carbons (Fsp3) is 0.0417. The van der Waals surface area contributed by atoms with Crippen LogP contribution in [0.5, 0.6) is 0 Å². The van der Waals surface area contributed by atoms with Gasteiger partial charge in [-0.25, -0.2) is 13.6 Å². The second-order valence-electron chi connectivity index (χ2n) is 7.07. The average Bonchev–Trinajstić information content (AvgIpc) is 2.83. The Morgan fingerprint density at radius 1 is 1.03 bits per heavy atom. The highest BCUT2D eigenvalue weighted by molar-refractivity contribution is 6.36. The lowest BCUT2D eigenvalue weighted by atomic mass is 9.92. The number of nitrogens with two attached hydrogens (primary N) is 1. The number of hydrogen-bond donors (Lipinski definition) is 2. The van der Waals surface area contributed by atoms with Crippen LogP contribution < -0.4 is 10.6 Å². The van der Waals surface area contributed by atoms with Crippen LogP contribution in [-0.4, -0.2) is 40.7 Å². The number of Topliss-reactive ketones (excluding diaryl/α,β-unsaturated/α-hetero) is 1. The molecule has 0 fully saturated rings. The number of halogens is 2. The maximum absolute atomic E-state index is 13.3. The molecule has 34 heavy (non-hydrogen) atoms. The highest BCUT2D eigenvalue weighted by atomic mass is 19.2. The standard InChI is InChI=1S/C18H11F2NO4.C6H6N2O/c1-21-15-5-3-10(18(24)25)8-11(15)16(22)12(17(21)23)6-9-2-4-13(19)14(20)7-9;7-6(9)5-2-1-3-8-4-5/h2-8H,1H3,(H,24,25);1-4H,(H2,7,9)/b12-6+;. The molecule has 10 heteroatoms. The molecule has 2 heterocycles. The summed E-state index contributed by atoms with van der Waals surface area (Å²) in [7, 11) is 1.44. The van der Waals surface area contributed by atoms with Crippen LogP contribution in [-0.2, 0) is 4.79 Å². The lowest BCUT2D eigenvalue weighted by Gasteiger charge is -2.26. The highest BCUT2D eigenvalue weighted by Gasteiger charge is 2.33. The molecule has 4 rings (SSSR count). The molecule has 0 saturated heterocycles. The van der Waals surface area contributed by atoms with E-state index in [-0.39, 0.29) is 28.0 Å². The lowest BCUT2D eigenvalue weighted by molar-refractivity contribution is -0.114. The number of carbonyl (C=O) groups excluding carboxylic acids is 3. The van der Waals surface area contributed by atoms with E-state index in [4.69, 9.17) is 10.8 Å². The molecule has 0 radical (unpaired) electrons. The normalized spacial score (nSPS) is 13.7. The number of amides is 2. The smallest absolute Gasteiger partial charge is 0.335 e. The van der Waals surface area contributed by atoms with E-state index in [2.05, 4.69) is 4.98 Å². The number of primary amides is 1. The minimum atomic E-state index is -1.21. The van der Waals surface area contributed by atoms with Crippen molar-refractivity contribution in [1.82, 2.24) is 4.98 Å². The van der Waals surface area contributed by atoms with Crippen molar-refractivity contribution in [2.75, 3.05) is 11.9 Å². The van der Waals surface area contributed by atoms with E-state index in [0.29, 0.717) is 5.56 Å². The summed E-state index contributed by atoms with van der Waals surface area (Å²) in [6, 6.07) is 10.1. The number of benzene rings is 2. The molecule has 3 N–H and O–H groups in total. The Morgan fingerprint density at radius 2 is 1.76 bits per heavy atom. The number of aromatic carboxylic acids is 1. The Labute approximate surface area is 192 Å². The zero-order valence-corrected chi connectivity index (χ0v) is 17.7. The van der Waals surface area contributed by atoms with Gasteiger partial charge >= 0.3 is 5.97 Å². The van der Waals surface area contributed by atoms with Crippen LogP contribution in [0.15, 0.2) is 66.5 Å². The Bertz CT molecular complexity index is 1340. The van der Waals surface area contributed by atoms with Crippen LogP contribution in [0.1, 0.15) is 36.6 Å². The number of carboxylic acids is 1. The third kappa shape index (κ3) is 5.01. The fourth-order valence-corrected chi connectivity index (χ4v) is 3.08. The molecule has 0 aliphatic carbocycles. The van der Waals surface area contributed by atoms with Crippen molar-refractivity contribution < 1.29 is 33.1 Å². The molecule has 0 saturated carbocycles. The minimum Gasteiger partial charge on any atom is -0.478 e. The topological polar surface area (TPSA) is 131 Å². The first-order chi connectivity index (χ1) is 16.1. The molecule has 0 unspecified atom stereocenters. The first-order valence-corrected chi connectivity index (χ1v) is 9.67. The van der Waals surface area contributed by atoms with E-state index in [1.165, 1.54) is 42.4 Å². The molecule has 2 aromatic carbocycles. The average molecular weight is 465 g/mol. The molecule has 2 amide bonds. The van der Waals surface area contributed by atoms with Crippen LogP contribution in [0.3, 0.4) is 0 Å². The van der Waals surface area contributed by atoms with Gasteiger partial charge in [-0.15, -0.1) is 0 Å². The first kappa shape index (κ1) is 23.9. The maximum atomic E-state index is 13.3. The monoisotopic (exact) mass is 465 g/mol. The summed E-state index contributed by atoms with van der Waals surface area (Å²) < 4.78 is 26.4. The van der Waals surface area contributed by atoms with Crippen molar-refractivity contribution in [1.29, 1.82) is 0 Å². The zero-order chi connectivity index (χ0) is 25.0. The van der Waals surface area contributed by atoms with Crippen LogP contribution in [0, 0.1) is 11.6 Å². The maximum Gasteiger partial charge on any atom is 0.335 e. The second kappa shape index (κ2) is 9.82. The van der Waals surface area contributed by atoms with E-state index in [9.17, 15) is 28.0 Å². The zero-order valence-electron chi connectivity index (χ0n) is 17.7. The number of rotatable bonds is 3. The number of nitrogens with zero attached hydrogens (tertiary/aromatic N) is 2. The highest BCUT2D eigenvalue weighted by Crippen LogP contribution is 2.31. The van der Waals surface area contributed by atoms with Gasteiger partial charge in [-0.3, -0.25) is 19.4 Å². The van der Waals surface area contributed by atoms with Gasteiger partial charge in [0.1, 0.15) is 0 Å². The van der Waals surface area contributed by atoms with Gasteiger partial charge in [0, 0.05) is 25.0 Å². The number of carboxylic acid groups (broad SMARTS) is 1. The predicted octanol–water partition coefficient (Wildman–Crippen LogP) is 3.09. The molecule has 0 bridgehead atoms. The number of fused-ring (bicyclic) bond motifs is 1. The van der Waals surface area contributed by atoms with Gasteiger partial charge in [0.15, 0.2) is 11.6 Å². The summed E-state index contributed by atoms with van der Waals surface area (Å²) in [4.78, 5) is 51.4. The van der Waals surface area contributed by atoms with Gasteiger partial charge in [-0.05, 0) is 54.1 Å². The van der Waals surface area contributed by atoms with E-state index in [0.717, 1.165) is 18.2 Å². The molecule has 0 atom stereocenters. The van der Waals surface area contributed by atoms with Gasteiger partial charge in [0.25, 0.3) is 5.91 Å². The van der Waals surface area contributed by atoms with Crippen LogP contribution in [0.25, 0.3) is 6.08 Å². The molecule has 3 aromatic rings. The third-order valence-corrected chi connectivity index (χ3v) is 4.83. The molecule has 1 aliphatic rings. The quantitative estimate of drug-likeness (QED) is 0.452. The van der Waals surface area contributed by atoms with Crippen LogP contribution in [0.2, 0.25) is 0 Å². The number of anilines is 1. The van der Waals surface area contributed by atoms with Gasteiger partial charge < -0.3 is 15.7 Å². The van der Waals surface area contributed by atoms with Crippen LogP contribution in [0.4, 0.5) is 14.5 Å². The summed E-state index contributed by atoms with van der Waals surface area (Å²) >= 11 is 0. The van der Waals surface area contributed by atoms with Crippen molar-refractivity contribution in [2.24, 2.45) is 5.73 Å². The number of likely N-dealkylation sites (N-methyl/N-ethyl adjacent to an activating group) is 1. The fourth-order valence-electron chi connectivity index (χ4n) is 3.08. The van der Waals surface area contributed by atoms with Crippen molar-refractivity contribution in [2.45, 2.75) is 0 Å². The molecular weight excluding hydrogens is 448 g/mol. The van der Waals surface area contributed by atoms with Crippen molar-refractivity contribution in [3.8, 4) is 0 Å². The SMILES string of the molecule is CN1C(=O)/C(=C/c2ccc(F)c(F)c2)C(=O)c2cc(C(=O)O)ccc21.NC(=O)c1cccnc1. The summed E-state index contributed by atoms with van der Waals surface area (Å²) in [6.07, 6.45) is 4.18. The van der Waals surface area contributed by atoms with Gasteiger partial charge in [0.05, 0.1) is 22.4 Å². The van der Waals surface area contributed by atoms with Crippen molar-refractivity contribution >= 4 is 35.3 Å². The van der Waals surface area contributed by atoms with Crippen LogP contribution >= 0.6 is 0 Å². The lowest BCUT2D eigenvalue weighted by Crippen LogP contribution is -2.36. The summed E-state index contributed by atoms with van der Waals surface area (Å²) in [5.41, 5.74) is 5.49. The Morgan fingerprint density at radius 3 is 2.32 bits per heavy atom. The first-order valence-electron chi connectivity index (χ1n) is 9.67. The van der Waals surface area contributed by atoms with Gasteiger partial charge in [0.2, 0.25) is 11.7 Å². The Hall–Kier alpha value is -4.73. The predicted molar refractivity (Wildman–Crippen MR) is 118 cm³/mol. The van der Waals surface area contributed by atoms with Crippen molar-refractivity contribution in [3.05, 3.63) is 100 Å². The van der Waals surface area contributed by atoms with Crippen molar-refractivity contribution in [3.63, 3.8) is 0 Å². The third-order valence-electron chi connectivity index (χ3n) is 4.83. The second-order valence-corrected chi connectivity index (χ2v) is 7.07. The molecule has 0 spiro atoms. The summed E-state index contributed by atoms with van der Waals surface area (Å²) in [5.74, 6) is -5.09. The number of aromatic nitrogens is 1. The minimum absolute atomic E-state index is 0.0517. The van der Waals surface area contributed by atoms with E-state index < -0.39 is 35.2 Å². The molecular formula is C24H17F2N3O5. The van der Waals surface area contributed by atoms with Gasteiger partial charge in [-0.1, -0.05) is 6.07 Å². The van der Waals surface area contributed by atoms with E-state index in [1.807, 2.05) is 0 Å². The molecule has 172 valence electrons. The molecule has 8 nitrogen and oxygen atoms in total. The largest absolute Gasteiger partial charge is 0.478 e. The number of pyridine rings is 1. The number of hydrogen-bond acceptors (Lipinski definition) is 5. The molecule has 1 aliphatic heterocycles. The van der Waals surface area contributed by atoms with E-state index >= 15 is 0 Å². The summed E-state index contributed by atoms with van der Waals surface area (Å²) in [6.45, 7) is 0. The Balaban J connectivity index is 0.000000302. The number of carbonyl (C=O) groups is 4. The van der Waals surface area contributed by atoms with E-state index in [1.54, 1.807) is 18.3 Å². The van der Waals surface area contributed by atoms with Gasteiger partial charge in [-0.2, -0.15) is 0 Å². The number of ketones is 1. The Kier molecular flexibility index (Phi) is 6.91.